The van der Waals surface area contributed by atoms with Crippen LogP contribution in [0.25, 0.3) is 50.6 Å². The SMILES string of the molecule is CN(C)c1ccc(-n2cnc3c(NC4CC4)nc(C(F)(F)F)nc32)cc1.FC(F)(F)c1nc(NC2CC2)c2ncn(-c3cccnc3)c2n1.Nc1cccc(-n2cnc3c(NC4CC4)nc(C(F)(F)F)nc32)c1. The molecule has 12 rings (SSSR count). The topological polar surface area (TPSA) is 209 Å². The second-order valence-corrected chi connectivity index (χ2v) is 17.5. The third-order valence-corrected chi connectivity index (χ3v) is 11.4. The molecule has 2 aromatic carbocycles. The van der Waals surface area contributed by atoms with Gasteiger partial charge in [-0.2, -0.15) is 39.5 Å². The minimum absolute atomic E-state index is 0.0890. The standard InChI is InChI=1S/C17H17F3N6.C15H13F3N6.C14H11F3N6/c1-25(2)11-5-7-12(8-6-11)26-9-21-13-14(22-10-3-4-10)23-16(17(18,19)20)24-15(13)26;16-15(17,18)14-22-12(21-9-4-5-9)11-13(23-14)24(7-20-11)10-3-1-2-8(19)6-10;15-14(16,17)13-21-11(20-8-3-4-8)10-12(22-13)23(7-19-10)9-2-1-5-18-6-9/h5-10H,3-4H2,1-2H3,(H,22,23,24);1-3,6-7,9H,4-5,19H2,(H,21,22,23);1-2,5-8H,3-4H2,(H,20,21,22). The fraction of sp³-hybridized carbons (Fsp3) is 0.304. The summed E-state index contributed by atoms with van der Waals surface area (Å²) in [5.41, 5.74) is 10.4. The zero-order chi connectivity index (χ0) is 51.4. The molecule has 0 unspecified atom stereocenters. The van der Waals surface area contributed by atoms with Gasteiger partial charge in [-0.1, -0.05) is 6.07 Å². The largest absolute Gasteiger partial charge is 0.451 e. The number of hydrogen-bond donors (Lipinski definition) is 4. The third kappa shape index (κ3) is 10.8. The van der Waals surface area contributed by atoms with Crippen LogP contribution in [-0.2, 0) is 18.5 Å². The molecule has 3 fully saturated rings. The summed E-state index contributed by atoms with van der Waals surface area (Å²) < 4.78 is 123. The molecule has 0 aliphatic heterocycles. The molecule has 0 spiro atoms. The molecule has 0 amide bonds. The van der Waals surface area contributed by atoms with E-state index in [1.165, 1.54) is 34.3 Å². The number of imidazole rings is 3. The first-order chi connectivity index (χ1) is 34.8. The van der Waals surface area contributed by atoms with Gasteiger partial charge < -0.3 is 26.6 Å². The first kappa shape index (κ1) is 48.2. The average Bonchev–Trinajstić information content (AvgIpc) is 4.32. The summed E-state index contributed by atoms with van der Waals surface area (Å²) in [6, 6.07) is 18.0. The van der Waals surface area contributed by atoms with Crippen LogP contribution in [0.3, 0.4) is 0 Å². The molecule has 73 heavy (non-hydrogen) atoms. The molecule has 0 radical (unpaired) electrons. The quantitative estimate of drug-likeness (QED) is 0.0743. The van der Waals surface area contributed by atoms with E-state index in [4.69, 9.17) is 5.73 Å². The molecule has 7 aromatic heterocycles. The number of fused-ring (bicyclic) bond motifs is 3. The highest BCUT2D eigenvalue weighted by molar-refractivity contribution is 5.86. The van der Waals surface area contributed by atoms with Gasteiger partial charge in [0.1, 0.15) is 19.0 Å². The van der Waals surface area contributed by atoms with E-state index < -0.39 is 36.0 Å². The summed E-state index contributed by atoms with van der Waals surface area (Å²) in [7, 11) is 3.83. The van der Waals surface area contributed by atoms with Crippen LogP contribution in [0.5, 0.6) is 0 Å². The van der Waals surface area contributed by atoms with Crippen molar-refractivity contribution in [1.82, 2.24) is 63.5 Å². The van der Waals surface area contributed by atoms with Crippen molar-refractivity contribution < 1.29 is 39.5 Å². The second-order valence-electron chi connectivity index (χ2n) is 17.5. The highest BCUT2D eigenvalue weighted by Gasteiger charge is 2.39. The summed E-state index contributed by atoms with van der Waals surface area (Å²) in [4.78, 5) is 40.6. The monoisotopic (exact) mass is 1020 g/mol. The molecule has 3 aliphatic rings. The van der Waals surface area contributed by atoms with Crippen LogP contribution >= 0.6 is 0 Å². The van der Waals surface area contributed by atoms with E-state index in [2.05, 4.69) is 65.8 Å². The van der Waals surface area contributed by atoms with E-state index in [0.29, 0.717) is 39.3 Å². The van der Waals surface area contributed by atoms with Crippen LogP contribution in [0.4, 0.5) is 68.3 Å². The summed E-state index contributed by atoms with van der Waals surface area (Å²) in [5, 5.41) is 9.02. The fourth-order valence-corrected chi connectivity index (χ4v) is 7.29. The number of pyridine rings is 1. The third-order valence-electron chi connectivity index (χ3n) is 11.4. The van der Waals surface area contributed by atoms with E-state index in [-0.39, 0.29) is 52.5 Å². The molecule has 3 saturated carbocycles. The lowest BCUT2D eigenvalue weighted by molar-refractivity contribution is -0.145. The van der Waals surface area contributed by atoms with Gasteiger partial charge in [0.15, 0.2) is 50.9 Å². The van der Waals surface area contributed by atoms with Crippen LogP contribution in [-0.4, -0.2) is 95.8 Å². The molecule has 5 N–H and O–H groups in total. The molecule has 0 saturated heterocycles. The van der Waals surface area contributed by atoms with Crippen molar-refractivity contribution in [2.75, 3.05) is 40.7 Å². The first-order valence-electron chi connectivity index (χ1n) is 22.6. The number of benzene rings is 2. The van der Waals surface area contributed by atoms with Crippen molar-refractivity contribution in [2.45, 2.75) is 75.2 Å². The van der Waals surface area contributed by atoms with E-state index in [1.54, 1.807) is 47.2 Å². The van der Waals surface area contributed by atoms with Crippen molar-refractivity contribution >= 4 is 62.3 Å². The zero-order valence-electron chi connectivity index (χ0n) is 38.4. The predicted octanol–water partition coefficient (Wildman–Crippen LogP) is 9.27. The van der Waals surface area contributed by atoms with Crippen LogP contribution in [0.15, 0.2) is 92.0 Å². The van der Waals surface area contributed by atoms with Crippen LogP contribution in [0.1, 0.15) is 56.0 Å². The van der Waals surface area contributed by atoms with Gasteiger partial charge in [-0.15, -0.1) is 0 Å². The Balaban J connectivity index is 0.000000126. The zero-order valence-corrected chi connectivity index (χ0v) is 38.4. The predicted molar refractivity (Wildman–Crippen MR) is 251 cm³/mol. The Morgan fingerprint density at radius 3 is 1.26 bits per heavy atom. The van der Waals surface area contributed by atoms with Gasteiger partial charge in [0.05, 0.1) is 17.6 Å². The highest BCUT2D eigenvalue weighted by atomic mass is 19.4. The van der Waals surface area contributed by atoms with E-state index in [9.17, 15) is 39.5 Å². The maximum Gasteiger partial charge on any atom is 0.451 e. The van der Waals surface area contributed by atoms with Gasteiger partial charge in [-0.25, -0.2) is 44.9 Å². The number of aromatic nitrogens is 13. The fourth-order valence-electron chi connectivity index (χ4n) is 7.29. The summed E-state index contributed by atoms with van der Waals surface area (Å²) >= 11 is 0. The number of alkyl halides is 9. The minimum Gasteiger partial charge on any atom is -0.399 e. The van der Waals surface area contributed by atoms with Crippen molar-refractivity contribution in [1.29, 1.82) is 0 Å². The molecular formula is C46H41F9N18. The second kappa shape index (κ2) is 18.7. The maximum atomic E-state index is 13.2. The summed E-state index contributed by atoms with van der Waals surface area (Å²) in [6.07, 6.45) is -0.987. The number of halogens is 9. The van der Waals surface area contributed by atoms with Gasteiger partial charge in [0.25, 0.3) is 0 Å². The normalized spacial score (nSPS) is 14.9. The van der Waals surface area contributed by atoms with Crippen molar-refractivity contribution in [3.05, 3.63) is 110 Å². The number of rotatable bonds is 10. The minimum atomic E-state index is -4.64. The lowest BCUT2D eigenvalue weighted by atomic mass is 10.2. The number of anilines is 5. The van der Waals surface area contributed by atoms with Crippen LogP contribution in [0.2, 0.25) is 0 Å². The summed E-state index contributed by atoms with van der Waals surface area (Å²) in [6.45, 7) is 0. The molecule has 7 heterocycles. The lowest BCUT2D eigenvalue weighted by Crippen LogP contribution is -2.15. The Morgan fingerprint density at radius 2 is 0.904 bits per heavy atom. The van der Waals surface area contributed by atoms with Crippen molar-refractivity contribution in [3.8, 4) is 17.1 Å². The first-order valence-corrected chi connectivity index (χ1v) is 22.6. The Hall–Kier alpha value is -8.39. The highest BCUT2D eigenvalue weighted by Crippen LogP contribution is 2.36. The Kier molecular flexibility index (Phi) is 12.3. The molecule has 0 bridgehead atoms. The van der Waals surface area contributed by atoms with Crippen LogP contribution in [0, 0.1) is 0 Å². The summed E-state index contributed by atoms with van der Waals surface area (Å²) in [5.74, 6) is -3.18. The van der Waals surface area contributed by atoms with Gasteiger partial charge in [0, 0.05) is 55.5 Å². The number of nitrogens with two attached hydrogens (primary N) is 1. The van der Waals surface area contributed by atoms with Crippen molar-refractivity contribution in [3.63, 3.8) is 0 Å². The molecular weight excluding hydrogens is 976 g/mol. The van der Waals surface area contributed by atoms with E-state index in [0.717, 1.165) is 44.2 Å². The maximum absolute atomic E-state index is 13.2. The molecule has 27 heteroatoms. The van der Waals surface area contributed by atoms with Gasteiger partial charge in [-0.05, 0) is 93.1 Å². The number of nitrogens with zero attached hydrogens (tertiary/aromatic N) is 14. The lowest BCUT2D eigenvalue weighted by Gasteiger charge is -2.13. The number of nitrogens with one attached hydrogen (secondary N) is 3. The van der Waals surface area contributed by atoms with Gasteiger partial charge >= 0.3 is 18.5 Å². The van der Waals surface area contributed by atoms with E-state index >= 15 is 0 Å². The smallest absolute Gasteiger partial charge is 0.399 e. The Morgan fingerprint density at radius 1 is 0.507 bits per heavy atom. The number of nitrogen functional groups attached to an aromatic ring is 1. The van der Waals surface area contributed by atoms with Gasteiger partial charge in [-0.3, -0.25) is 18.7 Å². The van der Waals surface area contributed by atoms with E-state index in [1.807, 2.05) is 43.3 Å². The molecule has 9 aromatic rings. The number of hydrogen-bond acceptors (Lipinski definition) is 15. The van der Waals surface area contributed by atoms with Crippen molar-refractivity contribution in [2.24, 2.45) is 0 Å². The molecule has 0 atom stereocenters. The van der Waals surface area contributed by atoms with Crippen LogP contribution < -0.4 is 26.6 Å². The Bertz CT molecular complexity index is 3430. The molecule has 3 aliphatic carbocycles. The average molecular weight is 1020 g/mol. The molecule has 18 nitrogen and oxygen atoms in total. The van der Waals surface area contributed by atoms with Gasteiger partial charge in [0.2, 0.25) is 17.5 Å². The molecule has 378 valence electrons. The Labute approximate surface area is 407 Å².